The number of nitrogens with one attached hydrogen (secondary N) is 1. The van der Waals surface area contributed by atoms with Crippen LogP contribution in [0.25, 0.3) is 10.8 Å². The highest BCUT2D eigenvalue weighted by atomic mass is 35.5. The first-order valence-electron chi connectivity index (χ1n) is 6.06. The highest BCUT2D eigenvalue weighted by molar-refractivity contribution is 7.89. The van der Waals surface area contributed by atoms with Gasteiger partial charge in [-0.3, -0.25) is 4.79 Å². The second-order valence-corrected chi connectivity index (χ2v) is 7.59. The molecule has 2 aromatic rings. The summed E-state index contributed by atoms with van der Waals surface area (Å²) in [5.41, 5.74) is -1.65. The Hall–Kier alpha value is -1.41. The Morgan fingerprint density at radius 2 is 1.91 bits per heavy atom. The van der Waals surface area contributed by atoms with E-state index in [9.17, 15) is 13.2 Å². The minimum absolute atomic E-state index is 0.106. The van der Waals surface area contributed by atoms with Gasteiger partial charge in [-0.05, 0) is 26.0 Å². The smallest absolute Gasteiger partial charge is 0.324 e. The molecule has 0 fully saturated rings. The number of fused-ring (bicyclic) bond motifs is 1. The van der Waals surface area contributed by atoms with Gasteiger partial charge in [0.05, 0.1) is 9.92 Å². The fourth-order valence-corrected chi connectivity index (χ4v) is 3.58. The number of aromatic nitrogens is 1. The average molecular weight is 363 g/mol. The van der Waals surface area contributed by atoms with E-state index in [0.29, 0.717) is 15.8 Å². The fourth-order valence-electron chi connectivity index (χ4n) is 1.76. The van der Waals surface area contributed by atoms with Gasteiger partial charge in [-0.2, -0.15) is 4.72 Å². The Kier molecular flexibility index (Phi) is 4.36. The van der Waals surface area contributed by atoms with Crippen molar-refractivity contribution in [2.24, 2.45) is 0 Å². The van der Waals surface area contributed by atoms with E-state index in [-0.39, 0.29) is 10.0 Å². The van der Waals surface area contributed by atoms with E-state index in [1.807, 2.05) is 0 Å². The Morgan fingerprint density at radius 1 is 1.27 bits per heavy atom. The second kappa shape index (κ2) is 5.66. The molecule has 2 N–H and O–H groups in total. The molecule has 6 nitrogen and oxygen atoms in total. The first kappa shape index (κ1) is 17.0. The Morgan fingerprint density at radius 3 is 2.50 bits per heavy atom. The molecule has 0 bridgehead atoms. The maximum Gasteiger partial charge on any atom is 0.324 e. The maximum atomic E-state index is 12.3. The van der Waals surface area contributed by atoms with Crippen LogP contribution < -0.4 is 4.72 Å². The molecule has 0 aliphatic heterocycles. The maximum absolute atomic E-state index is 12.3. The molecular formula is C13H12Cl2N2O4S. The van der Waals surface area contributed by atoms with E-state index in [2.05, 4.69) is 9.71 Å². The van der Waals surface area contributed by atoms with Gasteiger partial charge in [-0.25, -0.2) is 13.4 Å². The first-order chi connectivity index (χ1) is 10.0. The van der Waals surface area contributed by atoms with Crippen molar-refractivity contribution in [3.8, 4) is 0 Å². The van der Waals surface area contributed by atoms with Crippen LogP contribution in [0.3, 0.4) is 0 Å². The lowest BCUT2D eigenvalue weighted by atomic mass is 10.1. The van der Waals surface area contributed by atoms with Crippen molar-refractivity contribution in [1.82, 2.24) is 9.71 Å². The number of carboxylic acids is 1. The quantitative estimate of drug-likeness (QED) is 0.815. The molecule has 118 valence electrons. The van der Waals surface area contributed by atoms with Gasteiger partial charge in [0, 0.05) is 17.0 Å². The second-order valence-electron chi connectivity index (χ2n) is 5.14. The topological polar surface area (TPSA) is 96.4 Å². The predicted octanol–water partition coefficient (Wildman–Crippen LogP) is 2.68. The minimum atomic E-state index is -4.04. The van der Waals surface area contributed by atoms with Gasteiger partial charge in [-0.15, -0.1) is 0 Å². The fraction of sp³-hybridized carbons (Fsp3) is 0.231. The van der Waals surface area contributed by atoms with Crippen LogP contribution >= 0.6 is 23.2 Å². The van der Waals surface area contributed by atoms with Gasteiger partial charge in [0.1, 0.15) is 10.7 Å². The lowest BCUT2D eigenvalue weighted by molar-refractivity contribution is -0.142. The molecule has 1 aromatic carbocycles. The number of carboxylic acid groups (broad SMARTS) is 1. The summed E-state index contributed by atoms with van der Waals surface area (Å²) >= 11 is 11.9. The average Bonchev–Trinajstić information content (AvgIpc) is 2.41. The first-order valence-corrected chi connectivity index (χ1v) is 8.29. The Labute approximate surface area is 137 Å². The molecule has 0 aliphatic carbocycles. The molecule has 1 heterocycles. The summed E-state index contributed by atoms with van der Waals surface area (Å²) in [5, 5.41) is 10.4. The van der Waals surface area contributed by atoms with E-state index < -0.39 is 21.5 Å². The summed E-state index contributed by atoms with van der Waals surface area (Å²) in [6.45, 7) is 2.50. The van der Waals surface area contributed by atoms with Crippen LogP contribution in [0.5, 0.6) is 0 Å². The molecule has 1 aromatic heterocycles. The molecule has 0 saturated heterocycles. The van der Waals surface area contributed by atoms with Crippen LogP contribution in [0.1, 0.15) is 13.8 Å². The van der Waals surface area contributed by atoms with Gasteiger partial charge in [0.15, 0.2) is 0 Å². The molecule has 0 saturated carbocycles. The normalized spacial score (nSPS) is 12.5. The molecule has 22 heavy (non-hydrogen) atoms. The molecule has 0 spiro atoms. The number of rotatable bonds is 4. The van der Waals surface area contributed by atoms with Gasteiger partial charge in [-0.1, -0.05) is 29.3 Å². The SMILES string of the molecule is CC(C)(NS(=O)(=O)c1ccc2c(Cl)cnc(Cl)c2c1)C(=O)O. The summed E-state index contributed by atoms with van der Waals surface area (Å²) in [4.78, 5) is 14.8. The lowest BCUT2D eigenvalue weighted by Crippen LogP contribution is -2.49. The standard InChI is InChI=1S/C13H12Cl2N2O4S/c1-13(2,12(18)19)17-22(20,21)7-3-4-8-9(5-7)11(15)16-6-10(8)14/h3-6,17H,1-2H3,(H,18,19). The number of halogens is 2. The summed E-state index contributed by atoms with van der Waals surface area (Å²) in [7, 11) is -4.04. The number of sulfonamides is 1. The number of nitrogens with zero attached hydrogens (tertiary/aromatic N) is 1. The zero-order valence-electron chi connectivity index (χ0n) is 11.6. The highest BCUT2D eigenvalue weighted by Crippen LogP contribution is 2.30. The van der Waals surface area contributed by atoms with Gasteiger partial charge >= 0.3 is 5.97 Å². The highest BCUT2D eigenvalue weighted by Gasteiger charge is 2.33. The van der Waals surface area contributed by atoms with E-state index in [4.69, 9.17) is 28.3 Å². The number of aliphatic carboxylic acids is 1. The summed E-state index contributed by atoms with van der Waals surface area (Å²) < 4.78 is 26.8. The van der Waals surface area contributed by atoms with Crippen molar-refractivity contribution < 1.29 is 18.3 Å². The van der Waals surface area contributed by atoms with Crippen LogP contribution in [0.15, 0.2) is 29.3 Å². The molecular weight excluding hydrogens is 351 g/mol. The number of pyridine rings is 1. The van der Waals surface area contributed by atoms with Crippen molar-refractivity contribution in [2.75, 3.05) is 0 Å². The summed E-state index contributed by atoms with van der Waals surface area (Å²) in [6.07, 6.45) is 1.37. The lowest BCUT2D eigenvalue weighted by Gasteiger charge is -2.21. The molecule has 0 atom stereocenters. The van der Waals surface area contributed by atoms with Crippen molar-refractivity contribution in [2.45, 2.75) is 24.3 Å². The van der Waals surface area contributed by atoms with Gasteiger partial charge in [0.2, 0.25) is 10.0 Å². The molecule has 0 unspecified atom stereocenters. The molecule has 0 aliphatic rings. The van der Waals surface area contributed by atoms with E-state index >= 15 is 0 Å². The van der Waals surface area contributed by atoms with Crippen molar-refractivity contribution in [3.05, 3.63) is 34.6 Å². The van der Waals surface area contributed by atoms with Gasteiger partial charge in [0.25, 0.3) is 0 Å². The molecule has 0 amide bonds. The molecule has 0 radical (unpaired) electrons. The van der Waals surface area contributed by atoms with Crippen molar-refractivity contribution in [3.63, 3.8) is 0 Å². The number of hydrogen-bond donors (Lipinski definition) is 2. The third-order valence-corrected chi connectivity index (χ3v) is 5.25. The van der Waals surface area contributed by atoms with Crippen LogP contribution in [0.2, 0.25) is 10.2 Å². The van der Waals surface area contributed by atoms with E-state index in [1.54, 1.807) is 0 Å². The predicted molar refractivity (Wildman–Crippen MR) is 83.8 cm³/mol. The Bertz CT molecular complexity index is 866. The number of carbonyl (C=O) groups is 1. The number of hydrogen-bond acceptors (Lipinski definition) is 4. The third-order valence-electron chi connectivity index (χ3n) is 3.00. The van der Waals surface area contributed by atoms with Crippen molar-refractivity contribution >= 4 is 50.0 Å². The number of benzene rings is 1. The zero-order valence-corrected chi connectivity index (χ0v) is 13.9. The van der Waals surface area contributed by atoms with Crippen LogP contribution in [0, 0.1) is 0 Å². The third kappa shape index (κ3) is 3.17. The largest absolute Gasteiger partial charge is 0.480 e. The van der Waals surface area contributed by atoms with E-state index in [0.717, 1.165) is 0 Å². The molecule has 2 rings (SSSR count). The van der Waals surface area contributed by atoms with Crippen LogP contribution in [0.4, 0.5) is 0 Å². The zero-order chi connectivity index (χ0) is 16.7. The monoisotopic (exact) mass is 362 g/mol. The Balaban J connectivity index is 2.56. The van der Waals surface area contributed by atoms with Crippen molar-refractivity contribution in [1.29, 1.82) is 0 Å². The minimum Gasteiger partial charge on any atom is -0.480 e. The van der Waals surface area contributed by atoms with Crippen LogP contribution in [-0.2, 0) is 14.8 Å². The summed E-state index contributed by atoms with van der Waals surface area (Å²) in [5.74, 6) is -1.29. The summed E-state index contributed by atoms with van der Waals surface area (Å²) in [6, 6.07) is 4.12. The van der Waals surface area contributed by atoms with E-state index in [1.165, 1.54) is 38.2 Å². The van der Waals surface area contributed by atoms with Crippen LogP contribution in [-0.4, -0.2) is 30.0 Å². The van der Waals surface area contributed by atoms with Gasteiger partial charge < -0.3 is 5.11 Å². The molecule has 9 heteroatoms.